The highest BCUT2D eigenvalue weighted by Gasteiger charge is 2.75. The standard InChI is InChI=1S/C40H60O4/c1-25-9-13-29-35(2,3)17-7-18-36(29,4)28(25)12-10-26-15-21-39(22-16-26)27-11-14-30-37(5)19-8-20-38(6,34(43)44)31(37)23-32(41)40(30,24-27)33(39)42/h15,27-32,41H,1,7-14,16-24H2,2-6H3,(H,43,44)/t27-,28-,29-,30+,31+,32+,36+,37+,38-,39+,40-/m1/s1. The van der Waals surface area contributed by atoms with Gasteiger partial charge in [-0.2, -0.15) is 0 Å². The first-order valence-electron chi connectivity index (χ1n) is 18.5. The van der Waals surface area contributed by atoms with Gasteiger partial charge in [0.15, 0.2) is 0 Å². The van der Waals surface area contributed by atoms with Gasteiger partial charge in [-0.3, -0.25) is 9.59 Å². The molecule has 7 aliphatic carbocycles. The Morgan fingerprint density at radius 1 is 0.909 bits per heavy atom. The Bertz CT molecular complexity index is 1280. The van der Waals surface area contributed by atoms with Crippen molar-refractivity contribution in [2.45, 2.75) is 150 Å². The van der Waals surface area contributed by atoms with Gasteiger partial charge in [-0.25, -0.2) is 0 Å². The van der Waals surface area contributed by atoms with E-state index in [4.69, 9.17) is 0 Å². The fourth-order valence-corrected chi connectivity index (χ4v) is 14.5. The maximum atomic E-state index is 14.9. The predicted molar refractivity (Wildman–Crippen MR) is 175 cm³/mol. The molecule has 0 amide bonds. The lowest BCUT2D eigenvalue weighted by molar-refractivity contribution is -0.207. The van der Waals surface area contributed by atoms with Crippen LogP contribution in [0.25, 0.3) is 0 Å². The number of carbonyl (C=O) groups excluding carboxylic acids is 1. The van der Waals surface area contributed by atoms with Crippen LogP contribution in [0.3, 0.4) is 0 Å². The second kappa shape index (κ2) is 10.0. The minimum atomic E-state index is -0.817. The molecule has 0 aromatic heterocycles. The number of carboxylic acids is 1. The van der Waals surface area contributed by atoms with E-state index in [-0.39, 0.29) is 22.7 Å². The maximum Gasteiger partial charge on any atom is 0.309 e. The summed E-state index contributed by atoms with van der Waals surface area (Å²) in [6.07, 6.45) is 19.3. The second-order valence-corrected chi connectivity index (χ2v) is 18.7. The number of hydrogen-bond donors (Lipinski definition) is 2. The number of hydrogen-bond acceptors (Lipinski definition) is 3. The molecule has 7 aliphatic rings. The average Bonchev–Trinajstić information content (AvgIpc) is 3.13. The number of aliphatic hydroxyl groups excluding tert-OH is 1. The van der Waals surface area contributed by atoms with Crippen LogP contribution in [0.1, 0.15) is 144 Å². The van der Waals surface area contributed by atoms with Crippen LogP contribution in [0.2, 0.25) is 0 Å². The Hall–Kier alpha value is -1.42. The van der Waals surface area contributed by atoms with E-state index in [1.54, 1.807) is 5.57 Å². The number of ketones is 1. The summed E-state index contributed by atoms with van der Waals surface area (Å²) in [7, 11) is 0. The minimum absolute atomic E-state index is 0.0728. The van der Waals surface area contributed by atoms with Crippen molar-refractivity contribution >= 4 is 11.8 Å². The van der Waals surface area contributed by atoms with Gasteiger partial charge in [0.1, 0.15) is 5.78 Å². The molecule has 0 radical (unpaired) electrons. The number of carbonyl (C=O) groups is 2. The highest BCUT2D eigenvalue weighted by Crippen LogP contribution is 2.74. The summed E-state index contributed by atoms with van der Waals surface area (Å²) >= 11 is 0. The lowest BCUT2D eigenvalue weighted by Gasteiger charge is -2.64. The lowest BCUT2D eigenvalue weighted by atomic mass is 9.40. The van der Waals surface area contributed by atoms with Crippen molar-refractivity contribution in [1.82, 2.24) is 0 Å². The van der Waals surface area contributed by atoms with E-state index in [0.29, 0.717) is 41.3 Å². The molecule has 6 fully saturated rings. The van der Waals surface area contributed by atoms with Gasteiger partial charge in [0.05, 0.1) is 16.9 Å². The van der Waals surface area contributed by atoms with Gasteiger partial charge in [0.25, 0.3) is 0 Å². The highest BCUT2D eigenvalue weighted by molar-refractivity contribution is 5.95. The first-order chi connectivity index (χ1) is 20.6. The molecule has 0 aromatic rings. The molecule has 4 heteroatoms. The van der Waals surface area contributed by atoms with Crippen LogP contribution in [-0.2, 0) is 9.59 Å². The fourth-order valence-electron chi connectivity index (χ4n) is 14.5. The van der Waals surface area contributed by atoms with E-state index >= 15 is 0 Å². The van der Waals surface area contributed by atoms with Crippen LogP contribution in [0.4, 0.5) is 0 Å². The predicted octanol–water partition coefficient (Wildman–Crippen LogP) is 9.31. The molecule has 0 aromatic carbocycles. The quantitative estimate of drug-likeness (QED) is 0.314. The van der Waals surface area contributed by atoms with E-state index in [9.17, 15) is 19.8 Å². The third-order valence-corrected chi connectivity index (χ3v) is 16.7. The molecule has 44 heavy (non-hydrogen) atoms. The molecule has 2 N–H and O–H groups in total. The van der Waals surface area contributed by atoms with Crippen LogP contribution in [0.5, 0.6) is 0 Å². The van der Waals surface area contributed by atoms with E-state index in [0.717, 1.165) is 63.7 Å². The Morgan fingerprint density at radius 3 is 2.34 bits per heavy atom. The van der Waals surface area contributed by atoms with Crippen molar-refractivity contribution in [2.24, 2.45) is 62.1 Å². The smallest absolute Gasteiger partial charge is 0.309 e. The summed E-state index contributed by atoms with van der Waals surface area (Å²) in [4.78, 5) is 27.5. The second-order valence-electron chi connectivity index (χ2n) is 18.7. The van der Waals surface area contributed by atoms with Gasteiger partial charge in [-0.05, 0) is 149 Å². The topological polar surface area (TPSA) is 74.6 Å². The summed E-state index contributed by atoms with van der Waals surface area (Å²) < 4.78 is 0. The first kappa shape index (κ1) is 31.2. The third kappa shape index (κ3) is 3.97. The third-order valence-electron chi connectivity index (χ3n) is 16.7. The van der Waals surface area contributed by atoms with Crippen molar-refractivity contribution in [3.8, 4) is 0 Å². The molecule has 11 atom stereocenters. The van der Waals surface area contributed by atoms with E-state index in [2.05, 4.69) is 40.3 Å². The number of fused-ring (bicyclic) bond motifs is 5. The van der Waals surface area contributed by atoms with Crippen LogP contribution < -0.4 is 0 Å². The van der Waals surface area contributed by atoms with Crippen LogP contribution in [-0.4, -0.2) is 28.1 Å². The molecule has 6 saturated carbocycles. The van der Waals surface area contributed by atoms with Crippen molar-refractivity contribution < 1.29 is 19.8 Å². The molecule has 2 spiro atoms. The summed E-state index contributed by atoms with van der Waals surface area (Å²) in [5.41, 5.74) is 1.80. The molecular weight excluding hydrogens is 544 g/mol. The van der Waals surface area contributed by atoms with Crippen LogP contribution >= 0.6 is 0 Å². The molecule has 244 valence electrons. The molecule has 0 heterocycles. The SMILES string of the molecule is C=C1CC[C@@H]2C(C)(C)CCC[C@@]2(C)[C@@H]1CCC1=CC[C@@]2(CC1)C(=O)[C@]13C[C@H]2CC[C@H]1[C@]1(C)CCC[C@@](C)(C(=O)O)[C@H]1C[C@@H]3O. The maximum absolute atomic E-state index is 14.9. The Morgan fingerprint density at radius 2 is 1.64 bits per heavy atom. The van der Waals surface area contributed by atoms with Crippen molar-refractivity contribution in [3.63, 3.8) is 0 Å². The zero-order valence-corrected chi connectivity index (χ0v) is 28.5. The molecule has 0 aliphatic heterocycles. The van der Waals surface area contributed by atoms with Crippen LogP contribution in [0, 0.1) is 62.1 Å². The number of Topliss-reactive ketones (excluding diaryl/α,β-unsaturated/α-hetero) is 1. The van der Waals surface area contributed by atoms with Gasteiger partial charge in [-0.1, -0.05) is 64.3 Å². The Kier molecular flexibility index (Phi) is 7.12. The highest BCUT2D eigenvalue weighted by atomic mass is 16.4. The Balaban J connectivity index is 1.10. The van der Waals surface area contributed by atoms with Crippen molar-refractivity contribution in [1.29, 1.82) is 0 Å². The summed E-state index contributed by atoms with van der Waals surface area (Å²) in [6, 6.07) is 0. The average molecular weight is 605 g/mol. The van der Waals surface area contributed by atoms with Gasteiger partial charge in [0.2, 0.25) is 0 Å². The van der Waals surface area contributed by atoms with E-state index in [1.165, 1.54) is 44.1 Å². The molecule has 0 saturated heterocycles. The molecule has 2 bridgehead atoms. The summed E-state index contributed by atoms with van der Waals surface area (Å²) in [5.74, 6) is 1.41. The summed E-state index contributed by atoms with van der Waals surface area (Å²) in [5, 5.41) is 22.3. The lowest BCUT2D eigenvalue weighted by Crippen LogP contribution is -2.64. The molecule has 7 rings (SSSR count). The molecule has 0 unspecified atom stereocenters. The number of carboxylic acid groups (broad SMARTS) is 1. The van der Waals surface area contributed by atoms with Gasteiger partial charge >= 0.3 is 5.97 Å². The monoisotopic (exact) mass is 604 g/mol. The number of rotatable bonds is 4. The van der Waals surface area contributed by atoms with Crippen molar-refractivity contribution in [3.05, 3.63) is 23.8 Å². The number of allylic oxidation sites excluding steroid dienone is 3. The number of aliphatic carboxylic acids is 1. The van der Waals surface area contributed by atoms with Crippen molar-refractivity contribution in [2.75, 3.05) is 0 Å². The molecular formula is C40H60O4. The summed E-state index contributed by atoms with van der Waals surface area (Å²) in [6.45, 7) is 16.4. The van der Waals surface area contributed by atoms with Crippen LogP contribution in [0.15, 0.2) is 23.8 Å². The minimum Gasteiger partial charge on any atom is -0.481 e. The normalized spacial score (nSPS) is 51.3. The Labute approximate surface area is 266 Å². The fraction of sp³-hybridized carbons (Fsp3) is 0.850. The van der Waals surface area contributed by atoms with Gasteiger partial charge in [0, 0.05) is 5.41 Å². The van der Waals surface area contributed by atoms with E-state index < -0.39 is 22.9 Å². The zero-order chi connectivity index (χ0) is 31.5. The first-order valence-corrected chi connectivity index (χ1v) is 18.5. The number of aliphatic hydroxyl groups is 1. The van der Waals surface area contributed by atoms with Gasteiger partial charge < -0.3 is 10.2 Å². The zero-order valence-electron chi connectivity index (χ0n) is 28.5. The van der Waals surface area contributed by atoms with E-state index in [1.807, 2.05) is 6.92 Å². The molecule has 4 nitrogen and oxygen atoms in total. The largest absolute Gasteiger partial charge is 0.481 e. The van der Waals surface area contributed by atoms with Gasteiger partial charge in [-0.15, -0.1) is 0 Å².